The lowest BCUT2D eigenvalue weighted by Crippen LogP contribution is -2.61. The Morgan fingerprint density at radius 2 is 2.00 bits per heavy atom. The van der Waals surface area contributed by atoms with Gasteiger partial charge in [0.05, 0.1) is 6.61 Å². The minimum atomic E-state index is -2.66. The average molecular weight is 287 g/mol. The molecule has 1 fully saturated rings. The van der Waals surface area contributed by atoms with E-state index in [9.17, 15) is 34.8 Å². The Morgan fingerprint density at radius 1 is 1.35 bits per heavy atom. The number of allylic oxidation sites excluding steroid dienone is 2. The average Bonchev–Trinajstić information content (AvgIpc) is 2.46. The van der Waals surface area contributed by atoms with Gasteiger partial charge in [0.2, 0.25) is 11.6 Å². The number of Topliss-reactive ketones (excluding diaryl/α,β-unsaturated/α-hetero) is 2. The van der Waals surface area contributed by atoms with Crippen LogP contribution in [0.15, 0.2) is 12.2 Å². The van der Waals surface area contributed by atoms with Crippen molar-refractivity contribution < 1.29 is 40.9 Å². The number of aliphatic hydroxyl groups excluding tert-OH is 3. The SMILES string of the molecule is [2H]C(C1C=CC(=O)C(=O)C1=O)C1(O)OC[C@@H](O)[C@@H](O)[C@H]1O. The van der Waals surface area contributed by atoms with Crippen LogP contribution in [0, 0.1) is 5.92 Å². The molecule has 0 saturated carbocycles. The van der Waals surface area contributed by atoms with Gasteiger partial charge in [-0.15, -0.1) is 0 Å². The van der Waals surface area contributed by atoms with E-state index in [1.807, 2.05) is 0 Å². The van der Waals surface area contributed by atoms with Gasteiger partial charge in [-0.3, -0.25) is 14.4 Å². The topological polar surface area (TPSA) is 141 Å². The summed E-state index contributed by atoms with van der Waals surface area (Å²) < 4.78 is 12.7. The molecular formula is C12H14O8. The first-order chi connectivity index (χ1) is 9.70. The smallest absolute Gasteiger partial charge is 0.268 e. The third kappa shape index (κ3) is 2.43. The molecule has 0 amide bonds. The second-order valence-corrected chi connectivity index (χ2v) is 4.67. The molecule has 0 bridgehead atoms. The number of carbonyl (C=O) groups is 3. The maximum Gasteiger partial charge on any atom is 0.268 e. The number of hydrogen-bond acceptors (Lipinski definition) is 8. The molecule has 1 aliphatic carbocycles. The van der Waals surface area contributed by atoms with Crippen molar-refractivity contribution in [3.8, 4) is 0 Å². The van der Waals surface area contributed by atoms with Gasteiger partial charge in [0.15, 0.2) is 5.79 Å². The van der Waals surface area contributed by atoms with E-state index in [0.717, 1.165) is 12.2 Å². The number of hydrogen-bond donors (Lipinski definition) is 4. The van der Waals surface area contributed by atoms with Crippen LogP contribution in [0.2, 0.25) is 0 Å². The molecule has 2 rings (SSSR count). The monoisotopic (exact) mass is 287 g/mol. The van der Waals surface area contributed by atoms with E-state index in [2.05, 4.69) is 0 Å². The van der Waals surface area contributed by atoms with Crippen molar-refractivity contribution in [1.82, 2.24) is 0 Å². The molecule has 8 nitrogen and oxygen atoms in total. The summed E-state index contributed by atoms with van der Waals surface area (Å²) in [6.45, 7) is -0.568. The van der Waals surface area contributed by atoms with Gasteiger partial charge in [-0.05, 0) is 6.08 Å². The van der Waals surface area contributed by atoms with Crippen molar-refractivity contribution in [2.75, 3.05) is 6.61 Å². The Morgan fingerprint density at radius 3 is 2.65 bits per heavy atom. The standard InChI is InChI=1S/C12H14O8/c13-6-2-1-5(8(15)9(6)16)3-12(19)11(18)10(17)7(14)4-20-12/h1-2,5,7,10-11,14,17-19H,3-4H2/t5?,7-,10-,11-,12?/m1/s1/i3D/t3?,5?,7-,10-,11-,12?. The van der Waals surface area contributed by atoms with Crippen LogP contribution in [0.25, 0.3) is 0 Å². The molecule has 3 unspecified atom stereocenters. The molecule has 6 atom stereocenters. The molecule has 0 aromatic rings. The Hall–Kier alpha value is -1.45. The van der Waals surface area contributed by atoms with Crippen molar-refractivity contribution in [3.05, 3.63) is 12.2 Å². The lowest BCUT2D eigenvalue weighted by atomic mass is 9.83. The number of ether oxygens (including phenoxy) is 1. The first-order valence-electron chi connectivity index (χ1n) is 6.41. The van der Waals surface area contributed by atoms with Gasteiger partial charge in [0, 0.05) is 13.7 Å². The normalized spacial score (nSPS) is 44.4. The number of rotatable bonds is 2. The molecule has 4 N–H and O–H groups in total. The summed E-state index contributed by atoms with van der Waals surface area (Å²) in [5, 5.41) is 38.8. The van der Waals surface area contributed by atoms with E-state index >= 15 is 0 Å². The maximum atomic E-state index is 11.7. The Labute approximate surface area is 114 Å². The Balaban J connectivity index is 2.29. The fourth-order valence-electron chi connectivity index (χ4n) is 2.02. The molecule has 8 heteroatoms. The minimum absolute atomic E-state index is 0.568. The minimum Gasteiger partial charge on any atom is -0.388 e. The molecule has 1 heterocycles. The lowest BCUT2D eigenvalue weighted by molar-refractivity contribution is -0.325. The zero-order chi connectivity index (χ0) is 15.9. The van der Waals surface area contributed by atoms with Gasteiger partial charge in [0.25, 0.3) is 5.78 Å². The third-order valence-electron chi connectivity index (χ3n) is 3.25. The molecule has 0 aromatic heterocycles. The second-order valence-electron chi connectivity index (χ2n) is 4.67. The molecule has 0 radical (unpaired) electrons. The van der Waals surface area contributed by atoms with Crippen LogP contribution in [-0.4, -0.2) is 68.5 Å². The molecule has 2 aliphatic rings. The van der Waals surface area contributed by atoms with Crippen molar-refractivity contribution in [2.45, 2.75) is 30.5 Å². The summed E-state index contributed by atoms with van der Waals surface area (Å²) in [7, 11) is 0. The molecule has 20 heavy (non-hydrogen) atoms. The van der Waals surface area contributed by atoms with E-state index in [1.54, 1.807) is 0 Å². The van der Waals surface area contributed by atoms with Crippen molar-refractivity contribution in [3.63, 3.8) is 0 Å². The summed E-state index contributed by atoms with van der Waals surface area (Å²) in [6.07, 6.45) is -5.40. The highest BCUT2D eigenvalue weighted by Gasteiger charge is 2.50. The van der Waals surface area contributed by atoms with Crippen LogP contribution < -0.4 is 0 Å². The van der Waals surface area contributed by atoms with Crippen LogP contribution in [0.3, 0.4) is 0 Å². The predicted molar refractivity (Wildman–Crippen MR) is 61.2 cm³/mol. The van der Waals surface area contributed by atoms with E-state index in [0.29, 0.717) is 0 Å². The predicted octanol–water partition coefficient (Wildman–Crippen LogP) is -2.93. The summed E-state index contributed by atoms with van der Waals surface area (Å²) in [5.41, 5.74) is 0. The summed E-state index contributed by atoms with van der Waals surface area (Å²) in [6, 6.07) is 0. The van der Waals surface area contributed by atoms with E-state index in [1.165, 1.54) is 0 Å². The summed E-state index contributed by atoms with van der Waals surface area (Å²) in [5.74, 6) is -7.72. The largest absolute Gasteiger partial charge is 0.388 e. The third-order valence-corrected chi connectivity index (χ3v) is 3.25. The van der Waals surface area contributed by atoms with Gasteiger partial charge in [-0.2, -0.15) is 0 Å². The van der Waals surface area contributed by atoms with Crippen molar-refractivity contribution in [1.29, 1.82) is 0 Å². The molecule has 1 aliphatic heterocycles. The van der Waals surface area contributed by atoms with Crippen LogP contribution in [0.1, 0.15) is 7.77 Å². The first kappa shape index (κ1) is 13.5. The van der Waals surface area contributed by atoms with Gasteiger partial charge in [-0.1, -0.05) is 6.08 Å². The van der Waals surface area contributed by atoms with E-state index < -0.39 is 60.4 Å². The number of aliphatic hydroxyl groups is 4. The maximum absolute atomic E-state index is 11.7. The van der Waals surface area contributed by atoms with Gasteiger partial charge in [-0.25, -0.2) is 0 Å². The van der Waals surface area contributed by atoms with Crippen molar-refractivity contribution >= 4 is 17.3 Å². The fourth-order valence-corrected chi connectivity index (χ4v) is 2.02. The zero-order valence-corrected chi connectivity index (χ0v) is 10.2. The molecule has 0 spiro atoms. The quantitative estimate of drug-likeness (QED) is 0.395. The molecule has 1 saturated heterocycles. The van der Waals surface area contributed by atoms with Crippen LogP contribution in [0.5, 0.6) is 0 Å². The number of ketones is 3. The van der Waals surface area contributed by atoms with Crippen LogP contribution in [0.4, 0.5) is 0 Å². The van der Waals surface area contributed by atoms with Crippen LogP contribution >= 0.6 is 0 Å². The highest BCUT2D eigenvalue weighted by atomic mass is 16.6. The molecule has 110 valence electrons. The fraction of sp³-hybridized carbons (Fsp3) is 0.583. The van der Waals surface area contributed by atoms with Crippen molar-refractivity contribution in [2.24, 2.45) is 5.92 Å². The van der Waals surface area contributed by atoms with Crippen LogP contribution in [-0.2, 0) is 19.1 Å². The first-order valence-corrected chi connectivity index (χ1v) is 5.83. The summed E-state index contributed by atoms with van der Waals surface area (Å²) >= 11 is 0. The molecule has 0 aromatic carbocycles. The van der Waals surface area contributed by atoms with Gasteiger partial charge >= 0.3 is 0 Å². The summed E-state index contributed by atoms with van der Waals surface area (Å²) in [4.78, 5) is 34.1. The number of carbonyl (C=O) groups excluding carboxylic acids is 3. The Kier molecular flexibility index (Phi) is 3.48. The van der Waals surface area contributed by atoms with Gasteiger partial charge < -0.3 is 25.2 Å². The van der Waals surface area contributed by atoms with E-state index in [-0.39, 0.29) is 0 Å². The highest BCUT2D eigenvalue weighted by molar-refractivity contribution is 6.67. The highest BCUT2D eigenvalue weighted by Crippen LogP contribution is 2.31. The molecular weight excluding hydrogens is 272 g/mol. The lowest BCUT2D eigenvalue weighted by Gasteiger charge is -2.42. The Bertz CT molecular complexity index is 517. The van der Waals surface area contributed by atoms with E-state index in [4.69, 9.17) is 6.11 Å². The zero-order valence-electron chi connectivity index (χ0n) is 11.2. The van der Waals surface area contributed by atoms with Gasteiger partial charge in [0.1, 0.15) is 18.3 Å². The second kappa shape index (κ2) is 5.15.